The minimum Gasteiger partial charge on any atom is -0.469 e. The van der Waals surface area contributed by atoms with Crippen LogP contribution >= 0.6 is 0 Å². The van der Waals surface area contributed by atoms with Crippen molar-refractivity contribution < 1.29 is 13.9 Å². The highest BCUT2D eigenvalue weighted by Gasteiger charge is 2.41. The van der Waals surface area contributed by atoms with E-state index in [1.165, 1.54) is 7.11 Å². The van der Waals surface area contributed by atoms with Crippen molar-refractivity contribution >= 4 is 5.97 Å². The Morgan fingerprint density at radius 3 is 2.53 bits per heavy atom. The summed E-state index contributed by atoms with van der Waals surface area (Å²) in [6.07, 6.45) is 2.50. The number of esters is 1. The second-order valence-electron chi connectivity index (χ2n) is 5.29. The number of ether oxygens (including phenoxy) is 1. The minimum absolute atomic E-state index is 0.252. The van der Waals surface area contributed by atoms with E-state index in [1.807, 2.05) is 32.9 Å². The standard InChI is InChI=1S/C13H21NO3/c1-12(2,14)13(3,9-11(15)16-4)8-10-6-5-7-17-10/h5-7H,8-9,14H2,1-4H3. The third-order valence-electron chi connectivity index (χ3n) is 3.46. The van der Waals surface area contributed by atoms with E-state index in [9.17, 15) is 4.79 Å². The lowest BCUT2D eigenvalue weighted by atomic mass is 9.68. The van der Waals surface area contributed by atoms with E-state index < -0.39 is 11.0 Å². The van der Waals surface area contributed by atoms with Crippen LogP contribution in [0.5, 0.6) is 0 Å². The van der Waals surface area contributed by atoms with Gasteiger partial charge in [0.1, 0.15) is 5.76 Å². The largest absolute Gasteiger partial charge is 0.469 e. The fourth-order valence-corrected chi connectivity index (χ4v) is 1.71. The van der Waals surface area contributed by atoms with Gasteiger partial charge in [0.05, 0.1) is 19.8 Å². The van der Waals surface area contributed by atoms with Crippen LogP contribution in [0.25, 0.3) is 0 Å². The quantitative estimate of drug-likeness (QED) is 0.799. The number of carbonyl (C=O) groups is 1. The van der Waals surface area contributed by atoms with Gasteiger partial charge in [0.25, 0.3) is 0 Å². The molecule has 1 heterocycles. The van der Waals surface area contributed by atoms with Gasteiger partial charge in [0.15, 0.2) is 0 Å². The summed E-state index contributed by atoms with van der Waals surface area (Å²) in [7, 11) is 1.39. The summed E-state index contributed by atoms with van der Waals surface area (Å²) in [5.41, 5.74) is 5.27. The highest BCUT2D eigenvalue weighted by atomic mass is 16.5. The highest BCUT2D eigenvalue weighted by molar-refractivity contribution is 5.70. The number of carbonyl (C=O) groups excluding carboxylic acids is 1. The molecule has 0 amide bonds. The van der Waals surface area contributed by atoms with Crippen molar-refractivity contribution in [3.8, 4) is 0 Å². The van der Waals surface area contributed by atoms with Gasteiger partial charge in [0, 0.05) is 17.4 Å². The molecule has 0 saturated carbocycles. The van der Waals surface area contributed by atoms with E-state index in [4.69, 9.17) is 14.9 Å². The van der Waals surface area contributed by atoms with Crippen LogP contribution in [0.1, 0.15) is 33.0 Å². The van der Waals surface area contributed by atoms with Gasteiger partial charge >= 0.3 is 5.97 Å². The van der Waals surface area contributed by atoms with E-state index in [2.05, 4.69) is 0 Å². The van der Waals surface area contributed by atoms with E-state index in [0.717, 1.165) is 5.76 Å². The van der Waals surface area contributed by atoms with Crippen molar-refractivity contribution in [2.24, 2.45) is 11.1 Å². The maximum absolute atomic E-state index is 11.5. The van der Waals surface area contributed by atoms with Gasteiger partial charge in [-0.15, -0.1) is 0 Å². The highest BCUT2D eigenvalue weighted by Crippen LogP contribution is 2.36. The molecular formula is C13H21NO3. The van der Waals surface area contributed by atoms with Gasteiger partial charge in [-0.25, -0.2) is 0 Å². The van der Waals surface area contributed by atoms with Crippen LogP contribution < -0.4 is 5.73 Å². The molecule has 1 aromatic heterocycles. The first kappa shape index (κ1) is 13.8. The number of hydrogen-bond donors (Lipinski definition) is 1. The monoisotopic (exact) mass is 239 g/mol. The van der Waals surface area contributed by atoms with Gasteiger partial charge in [-0.2, -0.15) is 0 Å². The molecule has 1 rings (SSSR count). The van der Waals surface area contributed by atoms with Crippen molar-refractivity contribution in [1.29, 1.82) is 0 Å². The lowest BCUT2D eigenvalue weighted by molar-refractivity contribution is -0.144. The summed E-state index contributed by atoms with van der Waals surface area (Å²) in [5.74, 6) is 0.576. The van der Waals surface area contributed by atoms with Gasteiger partial charge in [-0.1, -0.05) is 6.92 Å². The zero-order chi connectivity index (χ0) is 13.1. The summed E-state index contributed by atoms with van der Waals surface area (Å²) in [4.78, 5) is 11.5. The summed E-state index contributed by atoms with van der Waals surface area (Å²) in [6.45, 7) is 5.81. The van der Waals surface area contributed by atoms with Crippen LogP contribution in [0.2, 0.25) is 0 Å². The first-order chi connectivity index (χ1) is 7.78. The number of furan rings is 1. The molecule has 4 heteroatoms. The number of nitrogens with two attached hydrogens (primary N) is 1. The Kier molecular flexibility index (Phi) is 3.98. The summed E-state index contributed by atoms with van der Waals surface area (Å²) in [5, 5.41) is 0. The second kappa shape index (κ2) is 4.92. The number of methoxy groups -OCH3 is 1. The predicted octanol–water partition coefficient (Wildman–Crippen LogP) is 2.13. The number of hydrogen-bond acceptors (Lipinski definition) is 4. The van der Waals surface area contributed by atoms with Crippen molar-refractivity contribution in [3.05, 3.63) is 24.2 Å². The van der Waals surface area contributed by atoms with E-state index >= 15 is 0 Å². The molecule has 0 spiro atoms. The average molecular weight is 239 g/mol. The van der Waals surface area contributed by atoms with Crippen molar-refractivity contribution in [2.45, 2.75) is 39.2 Å². The predicted molar refractivity (Wildman–Crippen MR) is 65.4 cm³/mol. The molecule has 0 aromatic carbocycles. The normalized spacial score (nSPS) is 15.4. The van der Waals surface area contributed by atoms with Crippen molar-refractivity contribution in [1.82, 2.24) is 0 Å². The molecule has 17 heavy (non-hydrogen) atoms. The maximum Gasteiger partial charge on any atom is 0.306 e. The fraction of sp³-hybridized carbons (Fsp3) is 0.615. The SMILES string of the molecule is COC(=O)CC(C)(Cc1ccco1)C(C)(C)N. The molecule has 1 aromatic rings. The summed E-state index contributed by atoms with van der Waals surface area (Å²) in [6, 6.07) is 3.72. The molecule has 2 N–H and O–H groups in total. The van der Waals surface area contributed by atoms with Gasteiger partial charge in [-0.3, -0.25) is 4.79 Å². The van der Waals surface area contributed by atoms with Crippen LogP contribution in [-0.2, 0) is 16.0 Å². The first-order valence-corrected chi connectivity index (χ1v) is 5.66. The third kappa shape index (κ3) is 3.33. The molecule has 0 radical (unpaired) electrons. The van der Waals surface area contributed by atoms with E-state index in [0.29, 0.717) is 6.42 Å². The van der Waals surface area contributed by atoms with Gasteiger partial charge < -0.3 is 14.9 Å². The third-order valence-corrected chi connectivity index (χ3v) is 3.46. The first-order valence-electron chi connectivity index (χ1n) is 5.66. The molecule has 0 saturated heterocycles. The molecular weight excluding hydrogens is 218 g/mol. The zero-order valence-corrected chi connectivity index (χ0v) is 10.9. The molecule has 0 fully saturated rings. The molecule has 0 aliphatic heterocycles. The molecule has 0 aliphatic rings. The lowest BCUT2D eigenvalue weighted by Crippen LogP contribution is -2.51. The fourth-order valence-electron chi connectivity index (χ4n) is 1.71. The van der Waals surface area contributed by atoms with Crippen LogP contribution in [-0.4, -0.2) is 18.6 Å². The van der Waals surface area contributed by atoms with Gasteiger partial charge in [0.2, 0.25) is 0 Å². The Bertz CT molecular complexity index is 365. The van der Waals surface area contributed by atoms with Crippen LogP contribution in [0.3, 0.4) is 0 Å². The zero-order valence-electron chi connectivity index (χ0n) is 10.9. The van der Waals surface area contributed by atoms with Gasteiger partial charge in [-0.05, 0) is 26.0 Å². The topological polar surface area (TPSA) is 65.5 Å². The van der Waals surface area contributed by atoms with Crippen LogP contribution in [0, 0.1) is 5.41 Å². The Labute approximate surface area is 102 Å². The Hall–Kier alpha value is -1.29. The second-order valence-corrected chi connectivity index (χ2v) is 5.29. The summed E-state index contributed by atoms with van der Waals surface area (Å²) >= 11 is 0. The molecule has 0 bridgehead atoms. The Balaban J connectivity index is 2.90. The maximum atomic E-state index is 11.5. The Morgan fingerprint density at radius 1 is 1.47 bits per heavy atom. The molecule has 1 atom stereocenters. The Morgan fingerprint density at radius 2 is 2.12 bits per heavy atom. The molecule has 0 aliphatic carbocycles. The van der Waals surface area contributed by atoms with Crippen LogP contribution in [0.15, 0.2) is 22.8 Å². The van der Waals surface area contributed by atoms with Crippen molar-refractivity contribution in [2.75, 3.05) is 7.11 Å². The minimum atomic E-state index is -0.506. The van der Waals surface area contributed by atoms with Crippen LogP contribution in [0.4, 0.5) is 0 Å². The molecule has 4 nitrogen and oxygen atoms in total. The average Bonchev–Trinajstić information content (AvgIpc) is 2.68. The van der Waals surface area contributed by atoms with E-state index in [1.54, 1.807) is 6.26 Å². The lowest BCUT2D eigenvalue weighted by Gasteiger charge is -2.40. The molecule has 1 unspecified atom stereocenters. The number of rotatable bonds is 5. The smallest absolute Gasteiger partial charge is 0.306 e. The summed E-state index contributed by atoms with van der Waals surface area (Å²) < 4.78 is 10.1. The van der Waals surface area contributed by atoms with E-state index in [-0.39, 0.29) is 12.4 Å². The van der Waals surface area contributed by atoms with Crippen molar-refractivity contribution in [3.63, 3.8) is 0 Å². The molecule has 96 valence electrons.